The molecule has 0 unspecified atom stereocenters. The van der Waals surface area contributed by atoms with Crippen LogP contribution in [0.25, 0.3) is 6.08 Å². The van der Waals surface area contributed by atoms with Gasteiger partial charge in [0.25, 0.3) is 11.8 Å². The first kappa shape index (κ1) is 20.7. The minimum Gasteiger partial charge on any atom is -0.327 e. The highest BCUT2D eigenvalue weighted by Gasteiger charge is 2.33. The lowest BCUT2D eigenvalue weighted by atomic mass is 10.1. The minimum absolute atomic E-state index is 0.0779. The summed E-state index contributed by atoms with van der Waals surface area (Å²) >= 11 is 11.3. The molecule has 2 amide bonds. The number of hydrogen-bond acceptors (Lipinski definition) is 3. The number of benzene rings is 3. The Kier molecular flexibility index (Phi) is 5.79. The molecule has 5 nitrogen and oxygen atoms in total. The number of nitrogens with zero attached hydrogens (tertiary/aromatic N) is 1. The minimum atomic E-state index is -0.550. The van der Waals surface area contributed by atoms with E-state index in [0.29, 0.717) is 21.8 Å². The number of carbonyl (C=O) groups is 2. The van der Waals surface area contributed by atoms with E-state index in [1.54, 1.807) is 60.7 Å². The largest absolute Gasteiger partial charge is 0.327 e. The van der Waals surface area contributed by atoms with Crippen LogP contribution in [0.4, 0.5) is 15.8 Å². The van der Waals surface area contributed by atoms with Crippen LogP contribution < -0.4 is 15.5 Å². The molecule has 1 fully saturated rings. The van der Waals surface area contributed by atoms with Gasteiger partial charge in [-0.05, 0) is 60.3 Å². The summed E-state index contributed by atoms with van der Waals surface area (Å²) in [4.78, 5) is 26.4. The molecule has 0 saturated carbocycles. The van der Waals surface area contributed by atoms with Gasteiger partial charge in [-0.25, -0.2) is 9.29 Å². The van der Waals surface area contributed by atoms with Crippen molar-refractivity contribution in [2.75, 3.05) is 10.2 Å². The Bertz CT molecular complexity index is 1240. The highest BCUT2D eigenvalue weighted by atomic mass is 35.5. The van der Waals surface area contributed by atoms with Crippen molar-refractivity contribution in [3.63, 3.8) is 0 Å². The molecule has 0 bridgehead atoms. The van der Waals surface area contributed by atoms with Gasteiger partial charge in [0, 0.05) is 5.69 Å². The predicted molar refractivity (Wildman–Crippen MR) is 123 cm³/mol. The van der Waals surface area contributed by atoms with E-state index in [9.17, 15) is 14.0 Å². The van der Waals surface area contributed by atoms with Gasteiger partial charge < -0.3 is 10.6 Å². The van der Waals surface area contributed by atoms with Gasteiger partial charge in [-0.3, -0.25) is 9.59 Å². The van der Waals surface area contributed by atoms with Gasteiger partial charge in [-0.1, -0.05) is 48.0 Å². The number of amides is 2. The smallest absolute Gasteiger partial charge is 0.281 e. The monoisotopic (exact) mass is 451 g/mol. The number of rotatable bonds is 4. The van der Waals surface area contributed by atoms with E-state index < -0.39 is 11.7 Å². The van der Waals surface area contributed by atoms with Crippen molar-refractivity contribution in [2.24, 2.45) is 0 Å². The first-order valence-corrected chi connectivity index (χ1v) is 10.0. The van der Waals surface area contributed by atoms with Crippen LogP contribution >= 0.6 is 23.8 Å². The van der Waals surface area contributed by atoms with E-state index in [4.69, 9.17) is 23.8 Å². The molecule has 31 heavy (non-hydrogen) atoms. The standard InChI is InChI=1S/C23H15ClFN3O2S/c24-17-9-2-1-8-16(17)21(29)26-15-7-5-6-14(12-15)13-19-22(30)28(23(31)27-19)20-11-4-3-10-18(20)25/h1-13H,(H,26,29)(H,27,31)/b19-13+. The van der Waals surface area contributed by atoms with Gasteiger partial charge in [-0.2, -0.15) is 0 Å². The maximum absolute atomic E-state index is 14.1. The lowest BCUT2D eigenvalue weighted by Gasteiger charge is -2.14. The van der Waals surface area contributed by atoms with Gasteiger partial charge in [0.05, 0.1) is 16.3 Å². The first-order chi connectivity index (χ1) is 14.9. The average Bonchev–Trinajstić information content (AvgIpc) is 3.02. The molecule has 4 rings (SSSR count). The van der Waals surface area contributed by atoms with Gasteiger partial charge >= 0.3 is 0 Å². The number of para-hydroxylation sites is 1. The van der Waals surface area contributed by atoms with Crippen LogP contribution in [-0.4, -0.2) is 16.9 Å². The average molecular weight is 452 g/mol. The summed E-state index contributed by atoms with van der Waals surface area (Å²) < 4.78 is 14.1. The fourth-order valence-electron chi connectivity index (χ4n) is 3.10. The quantitative estimate of drug-likeness (QED) is 0.433. The van der Waals surface area contributed by atoms with Crippen LogP contribution in [0.1, 0.15) is 15.9 Å². The second-order valence-electron chi connectivity index (χ2n) is 6.64. The topological polar surface area (TPSA) is 61.4 Å². The number of nitrogens with one attached hydrogen (secondary N) is 2. The second kappa shape index (κ2) is 8.67. The van der Waals surface area contributed by atoms with Crippen molar-refractivity contribution in [3.05, 3.63) is 100 Å². The van der Waals surface area contributed by atoms with Gasteiger partial charge in [-0.15, -0.1) is 0 Å². The molecule has 3 aromatic rings. The van der Waals surface area contributed by atoms with Crippen molar-refractivity contribution < 1.29 is 14.0 Å². The maximum Gasteiger partial charge on any atom is 0.281 e. The first-order valence-electron chi connectivity index (χ1n) is 9.21. The molecule has 0 atom stereocenters. The maximum atomic E-state index is 14.1. The Morgan fingerprint density at radius 2 is 1.81 bits per heavy atom. The summed E-state index contributed by atoms with van der Waals surface area (Å²) in [6, 6.07) is 19.6. The lowest BCUT2D eigenvalue weighted by Crippen LogP contribution is -2.31. The molecule has 0 spiro atoms. The van der Waals surface area contributed by atoms with Crippen LogP contribution in [0.5, 0.6) is 0 Å². The summed E-state index contributed by atoms with van der Waals surface area (Å²) in [5.41, 5.74) is 1.80. The van der Waals surface area contributed by atoms with Gasteiger partial charge in [0.1, 0.15) is 11.5 Å². The third-order valence-corrected chi connectivity index (χ3v) is 5.16. The summed E-state index contributed by atoms with van der Waals surface area (Å²) in [6.07, 6.45) is 1.58. The normalized spacial score (nSPS) is 14.6. The summed E-state index contributed by atoms with van der Waals surface area (Å²) in [5, 5.41) is 6.04. The van der Waals surface area contributed by atoms with E-state index in [1.807, 2.05) is 0 Å². The summed E-state index contributed by atoms with van der Waals surface area (Å²) in [7, 11) is 0. The van der Waals surface area contributed by atoms with Gasteiger partial charge in [0.2, 0.25) is 0 Å². The van der Waals surface area contributed by atoms with Crippen LogP contribution in [0, 0.1) is 5.82 Å². The highest BCUT2D eigenvalue weighted by Crippen LogP contribution is 2.25. The third kappa shape index (κ3) is 4.33. The van der Waals surface area contributed by atoms with Crippen molar-refractivity contribution >= 4 is 58.2 Å². The molecule has 8 heteroatoms. The molecule has 1 heterocycles. The third-order valence-electron chi connectivity index (χ3n) is 4.55. The van der Waals surface area contributed by atoms with Crippen molar-refractivity contribution in [2.45, 2.75) is 0 Å². The molecule has 3 aromatic carbocycles. The van der Waals surface area contributed by atoms with E-state index in [-0.39, 0.29) is 22.4 Å². The molecule has 0 radical (unpaired) electrons. The number of carbonyl (C=O) groups excluding carboxylic acids is 2. The molecular formula is C23H15ClFN3O2S. The Morgan fingerprint density at radius 3 is 2.58 bits per heavy atom. The Balaban J connectivity index is 1.57. The second-order valence-corrected chi connectivity index (χ2v) is 7.43. The molecule has 2 N–H and O–H groups in total. The van der Waals surface area contributed by atoms with Crippen LogP contribution in [0.15, 0.2) is 78.5 Å². The van der Waals surface area contributed by atoms with Crippen molar-refractivity contribution in [1.29, 1.82) is 0 Å². The predicted octanol–water partition coefficient (Wildman–Crippen LogP) is 4.99. The van der Waals surface area contributed by atoms with E-state index >= 15 is 0 Å². The van der Waals surface area contributed by atoms with E-state index in [0.717, 1.165) is 4.90 Å². The Morgan fingerprint density at radius 1 is 1.06 bits per heavy atom. The molecule has 1 aliphatic rings. The number of thiocarbonyl (C=S) groups is 1. The zero-order chi connectivity index (χ0) is 22.0. The zero-order valence-corrected chi connectivity index (χ0v) is 17.5. The number of anilines is 2. The Hall–Kier alpha value is -3.55. The molecule has 0 aromatic heterocycles. The van der Waals surface area contributed by atoms with Crippen LogP contribution in [0.3, 0.4) is 0 Å². The highest BCUT2D eigenvalue weighted by molar-refractivity contribution is 7.80. The van der Waals surface area contributed by atoms with Gasteiger partial charge in [0.15, 0.2) is 5.11 Å². The zero-order valence-electron chi connectivity index (χ0n) is 15.9. The Labute approximate surface area is 188 Å². The summed E-state index contributed by atoms with van der Waals surface area (Å²) in [5.74, 6) is -1.37. The fourth-order valence-corrected chi connectivity index (χ4v) is 3.62. The van der Waals surface area contributed by atoms with Crippen LogP contribution in [0.2, 0.25) is 5.02 Å². The SMILES string of the molecule is O=C(Nc1cccc(/C=C2/NC(=S)N(c3ccccc3F)C2=O)c1)c1ccccc1Cl. The molecule has 0 aliphatic carbocycles. The van der Waals surface area contributed by atoms with Crippen LogP contribution in [-0.2, 0) is 4.79 Å². The molecule has 1 saturated heterocycles. The van der Waals surface area contributed by atoms with Crippen molar-refractivity contribution in [3.8, 4) is 0 Å². The number of halogens is 2. The fraction of sp³-hybridized carbons (Fsp3) is 0. The van der Waals surface area contributed by atoms with E-state index in [2.05, 4.69) is 10.6 Å². The molecule has 1 aliphatic heterocycles. The number of hydrogen-bond donors (Lipinski definition) is 2. The summed E-state index contributed by atoms with van der Waals surface area (Å²) in [6.45, 7) is 0. The van der Waals surface area contributed by atoms with E-state index in [1.165, 1.54) is 18.2 Å². The van der Waals surface area contributed by atoms with Crippen molar-refractivity contribution in [1.82, 2.24) is 5.32 Å². The molecule has 154 valence electrons. The molecular weight excluding hydrogens is 437 g/mol. The lowest BCUT2D eigenvalue weighted by molar-refractivity contribution is -0.113.